The van der Waals surface area contributed by atoms with E-state index in [2.05, 4.69) is 63.0 Å². The minimum Gasteiger partial charge on any atom is -0.465 e. The highest BCUT2D eigenvalue weighted by Crippen LogP contribution is 2.31. The van der Waals surface area contributed by atoms with Gasteiger partial charge in [0.05, 0.1) is 38.0 Å². The van der Waals surface area contributed by atoms with E-state index in [4.69, 9.17) is 14.2 Å². The Labute approximate surface area is 298 Å². The minimum atomic E-state index is -0.957. The van der Waals surface area contributed by atoms with Crippen LogP contribution < -0.4 is 15.5 Å². The summed E-state index contributed by atoms with van der Waals surface area (Å²) < 4.78 is 16.3. The summed E-state index contributed by atoms with van der Waals surface area (Å²) >= 11 is 0. The molecule has 0 aliphatic carbocycles. The Kier molecular flexibility index (Phi) is 10.6. The molecule has 10 nitrogen and oxygen atoms in total. The van der Waals surface area contributed by atoms with E-state index >= 15 is 0 Å². The van der Waals surface area contributed by atoms with Crippen LogP contribution in [0.5, 0.6) is 0 Å². The van der Waals surface area contributed by atoms with Crippen molar-refractivity contribution in [2.45, 2.75) is 44.9 Å². The Hall–Kier alpha value is -5.79. The quantitative estimate of drug-likeness (QED) is 0.129. The first-order chi connectivity index (χ1) is 24.6. The lowest BCUT2D eigenvalue weighted by Gasteiger charge is -2.29. The second kappa shape index (κ2) is 15.4. The Morgan fingerprint density at radius 2 is 1.59 bits per heavy atom. The van der Waals surface area contributed by atoms with Gasteiger partial charge in [-0.05, 0) is 91.4 Å². The number of methoxy groups -OCH3 is 1. The van der Waals surface area contributed by atoms with Crippen LogP contribution >= 0.6 is 0 Å². The van der Waals surface area contributed by atoms with E-state index in [0.29, 0.717) is 25.3 Å². The van der Waals surface area contributed by atoms with E-state index in [1.54, 1.807) is 32.9 Å². The summed E-state index contributed by atoms with van der Waals surface area (Å²) in [5.74, 6) is -0.553. The van der Waals surface area contributed by atoms with Crippen molar-refractivity contribution < 1.29 is 23.8 Å². The predicted octanol–water partition coefficient (Wildman–Crippen LogP) is 7.57. The van der Waals surface area contributed by atoms with Crippen molar-refractivity contribution in [1.82, 2.24) is 10.3 Å². The highest BCUT2D eigenvalue weighted by atomic mass is 16.6. The molecule has 3 N–H and O–H groups in total. The van der Waals surface area contributed by atoms with Crippen molar-refractivity contribution in [3.63, 3.8) is 0 Å². The Morgan fingerprint density at radius 3 is 2.27 bits per heavy atom. The molecule has 10 heteroatoms. The molecule has 6 rings (SSSR count). The summed E-state index contributed by atoms with van der Waals surface area (Å²) in [7, 11) is 1.32. The van der Waals surface area contributed by atoms with Crippen LogP contribution in [0.25, 0.3) is 33.2 Å². The number of nitriles is 1. The van der Waals surface area contributed by atoms with E-state index in [-0.39, 0.29) is 5.56 Å². The number of nitrogens with zero attached hydrogens (tertiary/aromatic N) is 2. The van der Waals surface area contributed by atoms with Gasteiger partial charge >= 0.3 is 12.1 Å². The van der Waals surface area contributed by atoms with Crippen LogP contribution in [0.2, 0.25) is 0 Å². The van der Waals surface area contributed by atoms with Crippen LogP contribution in [0.4, 0.5) is 16.2 Å². The number of morpholine rings is 1. The number of hydrogen-bond donors (Lipinski definition) is 3. The summed E-state index contributed by atoms with van der Waals surface area (Å²) in [5, 5.41) is 17.7. The highest BCUT2D eigenvalue weighted by molar-refractivity contribution is 5.97. The Balaban J connectivity index is 1.30. The van der Waals surface area contributed by atoms with E-state index in [9.17, 15) is 14.9 Å². The van der Waals surface area contributed by atoms with Crippen molar-refractivity contribution in [2.75, 3.05) is 43.6 Å². The predicted molar refractivity (Wildman–Crippen MR) is 200 cm³/mol. The number of amides is 1. The number of nitrogens with one attached hydrogen (secondary N) is 3. The molecule has 1 aliphatic heterocycles. The van der Waals surface area contributed by atoms with Gasteiger partial charge in [0.25, 0.3) is 0 Å². The number of H-pyrrole nitrogens is 1. The number of esters is 1. The monoisotopic (exact) mass is 685 g/mol. The topological polar surface area (TPSA) is 129 Å². The zero-order valence-corrected chi connectivity index (χ0v) is 29.4. The average Bonchev–Trinajstić information content (AvgIpc) is 3.55. The number of aromatic nitrogens is 1. The Morgan fingerprint density at radius 1 is 0.922 bits per heavy atom. The third-order valence-electron chi connectivity index (χ3n) is 8.87. The summed E-state index contributed by atoms with van der Waals surface area (Å²) in [6.45, 7) is 8.43. The van der Waals surface area contributed by atoms with Crippen LogP contribution in [0, 0.1) is 11.3 Å². The molecule has 0 saturated carbocycles. The summed E-state index contributed by atoms with van der Waals surface area (Å²) in [4.78, 5) is 31.9. The van der Waals surface area contributed by atoms with Gasteiger partial charge in [-0.15, -0.1) is 0 Å². The van der Waals surface area contributed by atoms with Gasteiger partial charge < -0.3 is 34.7 Å². The maximum Gasteiger partial charge on any atom is 0.407 e. The van der Waals surface area contributed by atoms with Gasteiger partial charge in [-0.2, -0.15) is 5.26 Å². The van der Waals surface area contributed by atoms with Gasteiger partial charge in [0.15, 0.2) is 0 Å². The van der Waals surface area contributed by atoms with Gasteiger partial charge in [0.2, 0.25) is 0 Å². The molecule has 1 amide bonds. The van der Waals surface area contributed by atoms with Crippen LogP contribution in [-0.4, -0.2) is 68.1 Å². The van der Waals surface area contributed by atoms with Crippen LogP contribution in [0.15, 0.2) is 97.2 Å². The van der Waals surface area contributed by atoms with E-state index in [1.165, 1.54) is 7.11 Å². The molecule has 0 bridgehead atoms. The number of carbonyl (C=O) groups is 2. The first kappa shape index (κ1) is 35.1. The third-order valence-corrected chi connectivity index (χ3v) is 8.87. The lowest BCUT2D eigenvalue weighted by atomic mass is 9.96. The zero-order chi connectivity index (χ0) is 36.0. The number of hydrogen-bond acceptors (Lipinski definition) is 8. The fourth-order valence-electron chi connectivity index (χ4n) is 6.31. The molecule has 0 radical (unpaired) electrons. The number of fused-ring (bicyclic) bond motifs is 1. The molecule has 5 aromatic rings. The molecule has 1 aliphatic rings. The molecule has 1 saturated heterocycles. The minimum absolute atomic E-state index is 0.267. The van der Waals surface area contributed by atoms with Gasteiger partial charge in [0, 0.05) is 41.6 Å². The molecule has 0 unspecified atom stereocenters. The second-order valence-corrected chi connectivity index (χ2v) is 13.5. The number of rotatable bonds is 10. The molecular formula is C41H43N5O5. The van der Waals surface area contributed by atoms with Gasteiger partial charge in [-0.25, -0.2) is 9.59 Å². The molecule has 2 atom stereocenters. The molecular weight excluding hydrogens is 642 g/mol. The molecule has 2 heterocycles. The fraction of sp³-hybridized carbons (Fsp3) is 0.293. The van der Waals surface area contributed by atoms with Gasteiger partial charge in [-0.1, -0.05) is 54.6 Å². The lowest BCUT2D eigenvalue weighted by Crippen LogP contribution is -2.49. The highest BCUT2D eigenvalue weighted by Gasteiger charge is 2.29. The second-order valence-electron chi connectivity index (χ2n) is 13.5. The molecule has 1 fully saturated rings. The zero-order valence-electron chi connectivity index (χ0n) is 29.4. The van der Waals surface area contributed by atoms with E-state index in [1.807, 2.05) is 48.7 Å². The number of benzene rings is 4. The maximum atomic E-state index is 13.2. The van der Waals surface area contributed by atoms with Gasteiger partial charge in [-0.3, -0.25) is 0 Å². The molecule has 51 heavy (non-hydrogen) atoms. The van der Waals surface area contributed by atoms with Gasteiger partial charge in [0.1, 0.15) is 11.6 Å². The average molecular weight is 686 g/mol. The van der Waals surface area contributed by atoms with Crippen molar-refractivity contribution in [1.29, 1.82) is 5.26 Å². The fourth-order valence-corrected chi connectivity index (χ4v) is 6.31. The number of carbonyl (C=O) groups excluding carboxylic acids is 2. The molecule has 1 aromatic heterocycles. The largest absolute Gasteiger partial charge is 0.465 e. The van der Waals surface area contributed by atoms with Crippen LogP contribution in [0.1, 0.15) is 36.7 Å². The number of anilines is 2. The van der Waals surface area contributed by atoms with Crippen molar-refractivity contribution in [3.8, 4) is 28.3 Å². The third kappa shape index (κ3) is 8.51. The number of alkyl carbamates (subject to hydrolysis) is 1. The number of ether oxygens (including phenoxy) is 3. The lowest BCUT2D eigenvalue weighted by molar-refractivity contribution is 0.0501. The Bertz CT molecular complexity index is 2020. The van der Waals surface area contributed by atoms with Crippen molar-refractivity contribution >= 4 is 34.3 Å². The first-order valence-corrected chi connectivity index (χ1v) is 17.1. The first-order valence-electron chi connectivity index (χ1n) is 17.1. The van der Waals surface area contributed by atoms with Crippen LogP contribution in [0.3, 0.4) is 0 Å². The molecule has 262 valence electrons. The summed E-state index contributed by atoms with van der Waals surface area (Å²) in [5.41, 5.74) is 6.76. The van der Waals surface area contributed by atoms with Crippen molar-refractivity contribution in [2.24, 2.45) is 0 Å². The molecule has 4 aromatic carbocycles. The van der Waals surface area contributed by atoms with Crippen molar-refractivity contribution in [3.05, 3.63) is 108 Å². The van der Waals surface area contributed by atoms with Crippen LogP contribution in [-0.2, 0) is 20.6 Å². The normalized spacial score (nSPS) is 14.3. The smallest absolute Gasteiger partial charge is 0.407 e. The van der Waals surface area contributed by atoms with E-state index < -0.39 is 29.7 Å². The molecule has 0 spiro atoms. The number of aromatic amines is 1. The van der Waals surface area contributed by atoms with E-state index in [0.717, 1.165) is 57.5 Å². The summed E-state index contributed by atoms with van der Waals surface area (Å²) in [6.07, 6.45) is 1.55. The standard InChI is InChI=1S/C41H43N5O5/c1-41(2,3)51-40(48)45-37(24-31-26-43-35-16-12-29(22-33(31)35)27-8-6-5-7-9-27)38(25-42)44-36-17-13-30(23-34(36)39(47)49-4)28-10-14-32(15-11-28)46-18-20-50-21-19-46/h5-17,22-23,26,37-38,43-44H,18-21,24H2,1-4H3,(H,45,48)/t37-,38-/m0/s1. The summed E-state index contributed by atoms with van der Waals surface area (Å²) in [6, 6.07) is 30.5. The SMILES string of the molecule is COC(=O)c1cc(-c2ccc(N3CCOCC3)cc2)ccc1N[C@@H](C#N)[C@H](Cc1c[nH]c2ccc(-c3ccccc3)cc12)NC(=O)OC(C)(C)C. The maximum absolute atomic E-state index is 13.2.